The van der Waals surface area contributed by atoms with E-state index in [0.29, 0.717) is 6.42 Å². The first-order valence-corrected chi connectivity index (χ1v) is 7.54. The van der Waals surface area contributed by atoms with Crippen LogP contribution in [0, 0.1) is 17.8 Å². The maximum absolute atomic E-state index is 12.5. The van der Waals surface area contributed by atoms with Crippen molar-refractivity contribution in [1.82, 2.24) is 5.32 Å². The highest BCUT2D eigenvalue weighted by Crippen LogP contribution is 2.46. The summed E-state index contributed by atoms with van der Waals surface area (Å²) in [5, 5.41) is 20.6. The van der Waals surface area contributed by atoms with Gasteiger partial charge in [0.25, 0.3) is 0 Å². The Bertz CT molecular complexity index is 520. The van der Waals surface area contributed by atoms with E-state index in [1.807, 2.05) is 0 Å². The van der Waals surface area contributed by atoms with Crippen molar-refractivity contribution in [3.8, 4) is 0 Å². The number of carboxylic acids is 1. The molecule has 2 aliphatic carbocycles. The molecular formula is C15H21NO7. The minimum Gasteiger partial charge on any atom is -0.481 e. The summed E-state index contributed by atoms with van der Waals surface area (Å²) >= 11 is 0. The Morgan fingerprint density at radius 1 is 1.35 bits per heavy atom. The van der Waals surface area contributed by atoms with E-state index >= 15 is 0 Å². The molecule has 5 atom stereocenters. The number of carboxylic acid groups (broad SMARTS) is 1. The number of carbonyl (C=O) groups is 3. The highest BCUT2D eigenvalue weighted by Gasteiger charge is 2.62. The van der Waals surface area contributed by atoms with E-state index in [2.05, 4.69) is 16.8 Å². The van der Waals surface area contributed by atoms with E-state index in [-0.39, 0.29) is 25.4 Å². The Hall–Kier alpha value is -1.93. The molecular weight excluding hydrogens is 306 g/mol. The van der Waals surface area contributed by atoms with E-state index in [4.69, 9.17) is 9.99 Å². The molecule has 0 heterocycles. The van der Waals surface area contributed by atoms with E-state index in [1.54, 1.807) is 13.0 Å². The molecule has 2 saturated carbocycles. The summed E-state index contributed by atoms with van der Waals surface area (Å²) in [6.07, 6.45) is 1.36. The Morgan fingerprint density at radius 2 is 2.00 bits per heavy atom. The molecule has 2 fully saturated rings. The zero-order chi connectivity index (χ0) is 17.2. The summed E-state index contributed by atoms with van der Waals surface area (Å²) in [4.78, 5) is 40.1. The smallest absolute Gasteiger partial charge is 0.332 e. The molecule has 23 heavy (non-hydrogen) atoms. The maximum Gasteiger partial charge on any atom is 0.332 e. The second kappa shape index (κ2) is 6.67. The molecule has 2 aliphatic rings. The van der Waals surface area contributed by atoms with Crippen LogP contribution < -0.4 is 5.32 Å². The number of carbonyl (C=O) groups excluding carboxylic acids is 2. The Kier molecular flexibility index (Phi) is 5.06. The van der Waals surface area contributed by atoms with Crippen LogP contribution in [0.1, 0.15) is 26.2 Å². The number of rotatable bonds is 7. The lowest BCUT2D eigenvalue weighted by atomic mass is 9.94. The molecule has 0 aliphatic heterocycles. The lowest BCUT2D eigenvalue weighted by Gasteiger charge is -2.21. The quantitative estimate of drug-likeness (QED) is 0.270. The third-order valence-electron chi connectivity index (χ3n) is 4.61. The van der Waals surface area contributed by atoms with Crippen LogP contribution in [0.5, 0.6) is 0 Å². The number of hydrogen-bond acceptors (Lipinski definition) is 6. The Morgan fingerprint density at radius 3 is 2.48 bits per heavy atom. The first kappa shape index (κ1) is 17.4. The fourth-order valence-electron chi connectivity index (χ4n) is 3.21. The molecule has 1 amide bonds. The topological polar surface area (TPSA) is 122 Å². The summed E-state index contributed by atoms with van der Waals surface area (Å²) in [7, 11) is 0. The second-order valence-corrected chi connectivity index (χ2v) is 5.98. The normalized spacial score (nSPS) is 35.4. The van der Waals surface area contributed by atoms with Gasteiger partial charge < -0.3 is 15.2 Å². The molecule has 0 aromatic rings. The van der Waals surface area contributed by atoms with E-state index in [1.165, 1.54) is 0 Å². The summed E-state index contributed by atoms with van der Waals surface area (Å²) in [5.74, 6) is -4.30. The first-order chi connectivity index (χ1) is 10.9. The predicted molar refractivity (Wildman–Crippen MR) is 77.2 cm³/mol. The zero-order valence-electron chi connectivity index (χ0n) is 12.9. The molecule has 0 aromatic heterocycles. The van der Waals surface area contributed by atoms with Crippen molar-refractivity contribution >= 4 is 17.8 Å². The van der Waals surface area contributed by atoms with Gasteiger partial charge in [0, 0.05) is 5.92 Å². The maximum atomic E-state index is 12.5. The van der Waals surface area contributed by atoms with Crippen molar-refractivity contribution in [2.75, 3.05) is 6.61 Å². The fraction of sp³-hybridized carbons (Fsp3) is 0.667. The molecule has 2 rings (SSSR count). The molecule has 0 saturated heterocycles. The van der Waals surface area contributed by atoms with Crippen molar-refractivity contribution < 1.29 is 34.4 Å². The standard InChI is InChI=1S/C15H21NO7/c1-3-8-7-15(8,14(20)22-4-2)16-12(17)10-5-9(23-21)6-11(10)13(18)19/h3,8-11,21H,1,4-7H2,2H3,(H,16,17)(H,18,19)/t8-,9-,10-,11-,15-/m1/s1. The van der Waals surface area contributed by atoms with Crippen molar-refractivity contribution in [2.45, 2.75) is 37.8 Å². The minimum atomic E-state index is -1.16. The van der Waals surface area contributed by atoms with Crippen LogP contribution >= 0.6 is 0 Å². The predicted octanol–water partition coefficient (Wildman–Crippen LogP) is 0.579. The van der Waals surface area contributed by atoms with Crippen LogP contribution in [0.4, 0.5) is 0 Å². The number of amides is 1. The molecule has 8 heteroatoms. The highest BCUT2D eigenvalue weighted by molar-refractivity contribution is 5.94. The molecule has 0 aromatic carbocycles. The van der Waals surface area contributed by atoms with Gasteiger partial charge in [-0.1, -0.05) is 6.08 Å². The van der Waals surface area contributed by atoms with E-state index in [0.717, 1.165) is 0 Å². The molecule has 0 bridgehead atoms. The number of hydrogen-bond donors (Lipinski definition) is 3. The van der Waals surface area contributed by atoms with Crippen LogP contribution in [0.15, 0.2) is 12.7 Å². The third kappa shape index (κ3) is 3.23. The fourth-order valence-corrected chi connectivity index (χ4v) is 3.21. The third-order valence-corrected chi connectivity index (χ3v) is 4.61. The van der Waals surface area contributed by atoms with Gasteiger partial charge >= 0.3 is 11.9 Å². The molecule has 128 valence electrons. The molecule has 0 radical (unpaired) electrons. The van der Waals surface area contributed by atoms with Crippen molar-refractivity contribution in [1.29, 1.82) is 0 Å². The van der Waals surface area contributed by atoms with Crippen molar-refractivity contribution in [3.63, 3.8) is 0 Å². The van der Waals surface area contributed by atoms with E-state index in [9.17, 15) is 19.5 Å². The largest absolute Gasteiger partial charge is 0.481 e. The summed E-state index contributed by atoms with van der Waals surface area (Å²) in [6.45, 7) is 5.48. The summed E-state index contributed by atoms with van der Waals surface area (Å²) in [5.41, 5.74) is -1.16. The van der Waals surface area contributed by atoms with Crippen LogP contribution in [-0.2, 0) is 24.0 Å². The Labute approximate surface area is 133 Å². The molecule has 3 N–H and O–H groups in total. The second-order valence-electron chi connectivity index (χ2n) is 5.98. The van der Waals surface area contributed by atoms with Gasteiger partial charge in [0.05, 0.1) is 24.5 Å². The van der Waals surface area contributed by atoms with Gasteiger partial charge in [-0.05, 0) is 26.2 Å². The van der Waals surface area contributed by atoms with Crippen LogP contribution in [-0.4, -0.2) is 46.5 Å². The van der Waals surface area contributed by atoms with Gasteiger partial charge in [-0.2, -0.15) is 0 Å². The number of aliphatic carboxylic acids is 1. The van der Waals surface area contributed by atoms with Gasteiger partial charge in [-0.3, -0.25) is 14.8 Å². The van der Waals surface area contributed by atoms with Gasteiger partial charge in [0.1, 0.15) is 5.54 Å². The SMILES string of the molecule is C=C[C@@H]1C[C@]1(NC(=O)[C@@H]1C[C@@H](OO)C[C@H]1C(=O)O)C(=O)OCC. The summed E-state index contributed by atoms with van der Waals surface area (Å²) in [6, 6.07) is 0. The monoisotopic (exact) mass is 327 g/mol. The molecule has 8 nitrogen and oxygen atoms in total. The lowest BCUT2D eigenvalue weighted by molar-refractivity contribution is -0.277. The Balaban J connectivity index is 2.11. The van der Waals surface area contributed by atoms with E-state index < -0.39 is 41.3 Å². The van der Waals surface area contributed by atoms with Gasteiger partial charge in [-0.15, -0.1) is 6.58 Å². The van der Waals surface area contributed by atoms with Crippen LogP contribution in [0.3, 0.4) is 0 Å². The first-order valence-electron chi connectivity index (χ1n) is 7.54. The zero-order valence-corrected chi connectivity index (χ0v) is 12.9. The van der Waals surface area contributed by atoms with Gasteiger partial charge in [0.2, 0.25) is 5.91 Å². The minimum absolute atomic E-state index is 0.0429. The molecule has 0 unspecified atom stereocenters. The van der Waals surface area contributed by atoms with Gasteiger partial charge in [-0.25, -0.2) is 9.68 Å². The highest BCUT2D eigenvalue weighted by atomic mass is 17.1. The number of ether oxygens (including phenoxy) is 1. The van der Waals surface area contributed by atoms with Crippen LogP contribution in [0.25, 0.3) is 0 Å². The number of esters is 1. The van der Waals surface area contributed by atoms with Gasteiger partial charge in [0.15, 0.2) is 0 Å². The average molecular weight is 327 g/mol. The molecule has 0 spiro atoms. The average Bonchev–Trinajstić information content (AvgIpc) is 3.05. The van der Waals surface area contributed by atoms with Crippen molar-refractivity contribution in [2.24, 2.45) is 17.8 Å². The summed E-state index contributed by atoms with van der Waals surface area (Å²) < 4.78 is 5.00. The lowest BCUT2D eigenvalue weighted by Crippen LogP contribution is -2.49. The van der Waals surface area contributed by atoms with Crippen LogP contribution in [0.2, 0.25) is 0 Å². The number of nitrogens with one attached hydrogen (secondary N) is 1. The van der Waals surface area contributed by atoms with Crippen molar-refractivity contribution in [3.05, 3.63) is 12.7 Å².